The first-order valence-electron chi connectivity index (χ1n) is 11.4. The van der Waals surface area contributed by atoms with E-state index >= 15 is 0 Å². The molecule has 0 spiro atoms. The van der Waals surface area contributed by atoms with Crippen LogP contribution in [0.1, 0.15) is 87.0 Å². The Morgan fingerprint density at radius 3 is 1.83 bits per heavy atom. The van der Waals surface area contributed by atoms with Crippen LogP contribution in [0.15, 0.2) is 46.6 Å². The van der Waals surface area contributed by atoms with Crippen molar-refractivity contribution >= 4 is 8.32 Å². The number of rotatable bonds is 13. The van der Waals surface area contributed by atoms with E-state index < -0.39 is 8.32 Å². The van der Waals surface area contributed by atoms with E-state index in [0.29, 0.717) is 6.54 Å². The molecule has 3 heteroatoms. The van der Waals surface area contributed by atoms with Crippen molar-refractivity contribution in [3.8, 4) is 0 Å². The Labute approximate surface area is 183 Å². The first kappa shape index (κ1) is 28.1. The van der Waals surface area contributed by atoms with Crippen molar-refractivity contribution in [2.24, 2.45) is 5.73 Å². The van der Waals surface area contributed by atoms with Gasteiger partial charge in [0.2, 0.25) is 0 Å². The van der Waals surface area contributed by atoms with E-state index in [0.717, 1.165) is 45.1 Å². The molecule has 29 heavy (non-hydrogen) atoms. The Bertz CT molecular complexity index is 584. The summed E-state index contributed by atoms with van der Waals surface area (Å²) in [7, 11) is -1.65. The van der Waals surface area contributed by atoms with Gasteiger partial charge in [-0.25, -0.2) is 0 Å². The third-order valence-electron chi connectivity index (χ3n) is 5.97. The molecule has 0 aliphatic carbocycles. The summed E-state index contributed by atoms with van der Waals surface area (Å²) in [5.74, 6) is 0. The summed E-state index contributed by atoms with van der Waals surface area (Å²) in [5.41, 5.74) is 11.6. The molecule has 0 atom stereocenters. The molecule has 0 aromatic rings. The first-order valence-corrected chi connectivity index (χ1v) is 14.3. The molecule has 0 aliphatic heterocycles. The summed E-state index contributed by atoms with van der Waals surface area (Å²) in [6.45, 7) is 21.7. The Morgan fingerprint density at radius 2 is 1.31 bits per heavy atom. The van der Waals surface area contributed by atoms with Crippen molar-refractivity contribution in [3.05, 3.63) is 46.6 Å². The standard InChI is InChI=1S/C26H49NOSi/c1-22(2)13-10-14-23(3)15-11-17-25(21-27)18-12-16-24(4)19-20-28-29(8,9)26(5,6)7/h13,15,18-19H,10-12,14,16-17,20-21,27H2,1-9H3/b23-15+,24-19+,25-18-. The fourth-order valence-electron chi connectivity index (χ4n) is 2.70. The summed E-state index contributed by atoms with van der Waals surface area (Å²) < 4.78 is 6.25. The lowest BCUT2D eigenvalue weighted by molar-refractivity contribution is 0.327. The Hall–Kier alpha value is -0.903. The van der Waals surface area contributed by atoms with Crippen molar-refractivity contribution in [1.29, 1.82) is 0 Å². The van der Waals surface area contributed by atoms with E-state index in [4.69, 9.17) is 10.2 Å². The normalized spacial score (nSPS) is 14.3. The number of hydrogen-bond acceptors (Lipinski definition) is 2. The average molecular weight is 420 g/mol. The summed E-state index contributed by atoms with van der Waals surface area (Å²) >= 11 is 0. The van der Waals surface area contributed by atoms with Crippen LogP contribution in [-0.2, 0) is 4.43 Å². The van der Waals surface area contributed by atoms with Gasteiger partial charge in [-0.05, 0) is 84.4 Å². The minimum Gasteiger partial charge on any atom is -0.413 e. The van der Waals surface area contributed by atoms with Gasteiger partial charge in [-0.1, -0.05) is 67.4 Å². The van der Waals surface area contributed by atoms with Crippen molar-refractivity contribution < 1.29 is 4.43 Å². The number of nitrogens with two attached hydrogens (primary N) is 1. The molecular formula is C26H49NOSi. The molecule has 2 N–H and O–H groups in total. The molecule has 0 amide bonds. The van der Waals surface area contributed by atoms with Crippen LogP contribution in [0.25, 0.3) is 0 Å². The van der Waals surface area contributed by atoms with Crippen molar-refractivity contribution in [3.63, 3.8) is 0 Å². The fourth-order valence-corrected chi connectivity index (χ4v) is 3.63. The zero-order chi connectivity index (χ0) is 22.5. The van der Waals surface area contributed by atoms with Gasteiger partial charge >= 0.3 is 0 Å². The van der Waals surface area contributed by atoms with E-state index in [-0.39, 0.29) is 5.04 Å². The van der Waals surface area contributed by atoms with Crippen LogP contribution in [0.2, 0.25) is 18.1 Å². The molecule has 0 saturated heterocycles. The van der Waals surface area contributed by atoms with E-state index in [1.807, 2.05) is 0 Å². The van der Waals surface area contributed by atoms with Crippen LogP contribution in [0.3, 0.4) is 0 Å². The number of hydrogen-bond donors (Lipinski definition) is 1. The maximum absolute atomic E-state index is 6.25. The van der Waals surface area contributed by atoms with Gasteiger partial charge in [0.05, 0.1) is 6.61 Å². The average Bonchev–Trinajstić information content (AvgIpc) is 2.58. The molecule has 0 unspecified atom stereocenters. The zero-order valence-electron chi connectivity index (χ0n) is 21.0. The van der Waals surface area contributed by atoms with E-state index in [1.165, 1.54) is 22.3 Å². The molecule has 0 rings (SSSR count). The van der Waals surface area contributed by atoms with E-state index in [9.17, 15) is 0 Å². The molecule has 0 aliphatic rings. The van der Waals surface area contributed by atoms with Gasteiger partial charge in [0.25, 0.3) is 0 Å². The lowest BCUT2D eigenvalue weighted by Crippen LogP contribution is -2.40. The second-order valence-electron chi connectivity index (χ2n) is 10.1. The molecule has 0 fully saturated rings. The quantitative estimate of drug-likeness (QED) is 0.242. The lowest BCUT2D eigenvalue weighted by atomic mass is 10.0. The summed E-state index contributed by atoms with van der Waals surface area (Å²) in [6, 6.07) is 0. The molecule has 0 aromatic heterocycles. The molecule has 0 aromatic carbocycles. The minimum atomic E-state index is -1.65. The Balaban J connectivity index is 4.34. The second kappa shape index (κ2) is 14.2. The third kappa shape index (κ3) is 13.9. The van der Waals surface area contributed by atoms with Crippen LogP contribution < -0.4 is 5.73 Å². The summed E-state index contributed by atoms with van der Waals surface area (Å²) in [4.78, 5) is 0. The highest BCUT2D eigenvalue weighted by molar-refractivity contribution is 6.74. The van der Waals surface area contributed by atoms with Gasteiger partial charge < -0.3 is 10.2 Å². The SMILES string of the molecule is CC(C)=CCC/C(C)=C/CC/C(=C/CC/C(C)=C/CO[Si](C)(C)C(C)(C)C)CN. The van der Waals surface area contributed by atoms with E-state index in [1.54, 1.807) is 0 Å². The largest absolute Gasteiger partial charge is 0.413 e. The lowest BCUT2D eigenvalue weighted by Gasteiger charge is -2.35. The first-order chi connectivity index (χ1) is 13.4. The molecule has 168 valence electrons. The maximum atomic E-state index is 6.25. The van der Waals surface area contributed by atoms with Crippen LogP contribution >= 0.6 is 0 Å². The second-order valence-corrected chi connectivity index (χ2v) is 14.9. The van der Waals surface area contributed by atoms with Crippen molar-refractivity contribution in [2.45, 2.75) is 105 Å². The minimum absolute atomic E-state index is 0.270. The monoisotopic (exact) mass is 419 g/mol. The smallest absolute Gasteiger partial charge is 0.192 e. The molecule has 0 radical (unpaired) electrons. The van der Waals surface area contributed by atoms with Gasteiger partial charge in [-0.3, -0.25) is 0 Å². The summed E-state index contributed by atoms with van der Waals surface area (Å²) in [6.07, 6.45) is 15.9. The molecular weight excluding hydrogens is 370 g/mol. The van der Waals surface area contributed by atoms with Gasteiger partial charge in [0, 0.05) is 6.54 Å². The molecule has 2 nitrogen and oxygen atoms in total. The van der Waals surface area contributed by atoms with Crippen molar-refractivity contribution in [2.75, 3.05) is 13.2 Å². The van der Waals surface area contributed by atoms with Crippen molar-refractivity contribution in [1.82, 2.24) is 0 Å². The highest BCUT2D eigenvalue weighted by Crippen LogP contribution is 2.36. The number of allylic oxidation sites excluding steroid dienone is 6. The fraction of sp³-hybridized carbons (Fsp3) is 0.692. The topological polar surface area (TPSA) is 35.2 Å². The highest BCUT2D eigenvalue weighted by Gasteiger charge is 2.36. The zero-order valence-corrected chi connectivity index (χ0v) is 22.0. The van der Waals surface area contributed by atoms with Crippen LogP contribution in [0.4, 0.5) is 0 Å². The predicted octanol–water partition coefficient (Wildman–Crippen LogP) is 8.09. The van der Waals surface area contributed by atoms with Gasteiger partial charge in [-0.15, -0.1) is 0 Å². The molecule has 0 saturated carbocycles. The highest BCUT2D eigenvalue weighted by atomic mass is 28.4. The van der Waals surface area contributed by atoms with Crippen LogP contribution in [-0.4, -0.2) is 21.5 Å². The predicted molar refractivity (Wildman–Crippen MR) is 135 cm³/mol. The third-order valence-corrected chi connectivity index (χ3v) is 10.5. The van der Waals surface area contributed by atoms with Gasteiger partial charge in [0.1, 0.15) is 0 Å². The maximum Gasteiger partial charge on any atom is 0.192 e. The Kier molecular flexibility index (Phi) is 13.7. The van der Waals surface area contributed by atoms with E-state index in [2.05, 4.69) is 85.9 Å². The van der Waals surface area contributed by atoms with Gasteiger partial charge in [-0.2, -0.15) is 0 Å². The molecule has 0 bridgehead atoms. The van der Waals surface area contributed by atoms with Gasteiger partial charge in [0.15, 0.2) is 8.32 Å². The molecule has 0 heterocycles. The van der Waals surface area contributed by atoms with Crippen LogP contribution in [0.5, 0.6) is 0 Å². The summed E-state index contributed by atoms with van der Waals surface area (Å²) in [5, 5.41) is 0.270. The Morgan fingerprint density at radius 1 is 0.793 bits per heavy atom. The van der Waals surface area contributed by atoms with Crippen LogP contribution in [0, 0.1) is 0 Å².